The number of carbonyl (C=O) groups excluding carboxylic acids is 1. The Labute approximate surface area is 184 Å². The number of ether oxygens (including phenoxy) is 2. The van der Waals surface area contributed by atoms with Crippen molar-refractivity contribution in [3.63, 3.8) is 0 Å². The monoisotopic (exact) mass is 434 g/mol. The number of furan rings is 1. The minimum Gasteiger partial charge on any atom is -0.497 e. The molecule has 4 aromatic rings. The van der Waals surface area contributed by atoms with Crippen LogP contribution in [0.2, 0.25) is 0 Å². The number of nitrogens with zero attached hydrogens (tertiary/aromatic N) is 1. The van der Waals surface area contributed by atoms with Crippen molar-refractivity contribution in [1.29, 1.82) is 0 Å². The van der Waals surface area contributed by atoms with E-state index in [1.807, 2.05) is 54.8 Å². The first-order valence-corrected chi connectivity index (χ1v) is 10.6. The van der Waals surface area contributed by atoms with Gasteiger partial charge >= 0.3 is 0 Å². The topological polar surface area (TPSA) is 73.6 Å². The van der Waals surface area contributed by atoms with Crippen LogP contribution < -0.4 is 14.8 Å². The summed E-state index contributed by atoms with van der Waals surface area (Å²) in [5.74, 6) is 2.00. The van der Waals surface area contributed by atoms with Crippen LogP contribution in [-0.4, -0.2) is 25.1 Å². The van der Waals surface area contributed by atoms with Crippen LogP contribution in [0.25, 0.3) is 11.3 Å². The van der Waals surface area contributed by atoms with Gasteiger partial charge in [-0.25, -0.2) is 4.98 Å². The average molecular weight is 435 g/mol. The molecule has 6 nitrogen and oxygen atoms in total. The van der Waals surface area contributed by atoms with E-state index in [4.69, 9.17) is 13.9 Å². The number of benzene rings is 2. The molecule has 0 saturated heterocycles. The molecule has 0 bridgehead atoms. The molecule has 0 aliphatic heterocycles. The van der Waals surface area contributed by atoms with Gasteiger partial charge in [-0.3, -0.25) is 10.1 Å². The average Bonchev–Trinajstić information content (AvgIpc) is 3.44. The number of hydrogen-bond acceptors (Lipinski definition) is 6. The molecule has 2 aromatic heterocycles. The van der Waals surface area contributed by atoms with Crippen molar-refractivity contribution < 1.29 is 18.7 Å². The fourth-order valence-corrected chi connectivity index (χ4v) is 3.86. The van der Waals surface area contributed by atoms with Gasteiger partial charge in [-0.1, -0.05) is 29.8 Å². The highest BCUT2D eigenvalue weighted by molar-refractivity contribution is 7.14. The van der Waals surface area contributed by atoms with Crippen molar-refractivity contribution in [2.24, 2.45) is 0 Å². The van der Waals surface area contributed by atoms with E-state index in [-0.39, 0.29) is 11.7 Å². The molecule has 0 unspecified atom stereocenters. The number of methoxy groups -OCH3 is 2. The second-order valence-corrected chi connectivity index (χ2v) is 7.84. The molecule has 0 spiro atoms. The fraction of sp³-hybridized carbons (Fsp3) is 0.167. The standard InChI is InChI=1S/C24H22N2O4S/c1-15-4-6-16(7-5-15)20-14-31-24(25-20)26-23(27)22-11-9-19(30-22)13-17-12-18(28-2)8-10-21(17)29-3/h4-12,14H,13H2,1-3H3,(H,25,26,27). The molecule has 0 atom stereocenters. The van der Waals surface area contributed by atoms with Crippen LogP contribution in [0.15, 0.2) is 64.4 Å². The number of anilines is 1. The quantitative estimate of drug-likeness (QED) is 0.411. The van der Waals surface area contributed by atoms with E-state index >= 15 is 0 Å². The Bertz CT molecular complexity index is 1190. The Kier molecular flexibility index (Phi) is 6.04. The summed E-state index contributed by atoms with van der Waals surface area (Å²) in [4.78, 5) is 17.1. The number of thiazole rings is 1. The second-order valence-electron chi connectivity index (χ2n) is 6.98. The van der Waals surface area contributed by atoms with Crippen LogP contribution in [0, 0.1) is 6.92 Å². The molecule has 1 amide bonds. The van der Waals surface area contributed by atoms with Gasteiger partial charge in [-0.2, -0.15) is 0 Å². The molecule has 0 aliphatic carbocycles. The summed E-state index contributed by atoms with van der Waals surface area (Å²) in [6.07, 6.45) is 0.475. The maximum absolute atomic E-state index is 12.6. The highest BCUT2D eigenvalue weighted by Gasteiger charge is 2.15. The second kappa shape index (κ2) is 9.06. The molecule has 158 valence electrons. The largest absolute Gasteiger partial charge is 0.497 e. The minimum atomic E-state index is -0.339. The lowest BCUT2D eigenvalue weighted by atomic mass is 10.1. The zero-order valence-corrected chi connectivity index (χ0v) is 18.3. The van der Waals surface area contributed by atoms with E-state index in [1.165, 1.54) is 16.9 Å². The van der Waals surface area contributed by atoms with E-state index in [0.29, 0.717) is 17.3 Å². The van der Waals surface area contributed by atoms with E-state index in [9.17, 15) is 4.79 Å². The highest BCUT2D eigenvalue weighted by atomic mass is 32.1. The molecule has 7 heteroatoms. The Hall–Kier alpha value is -3.58. The van der Waals surface area contributed by atoms with Crippen molar-refractivity contribution in [3.8, 4) is 22.8 Å². The van der Waals surface area contributed by atoms with Crippen LogP contribution in [0.4, 0.5) is 5.13 Å². The molecule has 4 rings (SSSR count). The lowest BCUT2D eigenvalue weighted by Gasteiger charge is -2.09. The smallest absolute Gasteiger partial charge is 0.293 e. The summed E-state index contributed by atoms with van der Waals surface area (Å²) in [6, 6.07) is 17.1. The number of aromatic nitrogens is 1. The van der Waals surface area contributed by atoms with Gasteiger partial charge in [0.25, 0.3) is 5.91 Å². The summed E-state index contributed by atoms with van der Waals surface area (Å²) >= 11 is 1.37. The predicted octanol–water partition coefficient (Wildman–Crippen LogP) is 5.57. The number of aryl methyl sites for hydroxylation is 1. The summed E-state index contributed by atoms with van der Waals surface area (Å²) in [5.41, 5.74) is 3.93. The zero-order valence-electron chi connectivity index (χ0n) is 17.5. The van der Waals surface area contributed by atoms with Crippen LogP contribution in [0.5, 0.6) is 11.5 Å². The van der Waals surface area contributed by atoms with Crippen molar-refractivity contribution in [1.82, 2.24) is 4.98 Å². The van der Waals surface area contributed by atoms with Gasteiger partial charge in [0.15, 0.2) is 10.9 Å². The predicted molar refractivity (Wildman–Crippen MR) is 121 cm³/mol. The lowest BCUT2D eigenvalue weighted by molar-refractivity contribution is 0.0995. The van der Waals surface area contributed by atoms with Gasteiger partial charge < -0.3 is 13.9 Å². The lowest BCUT2D eigenvalue weighted by Crippen LogP contribution is -2.10. The summed E-state index contributed by atoms with van der Waals surface area (Å²) in [6.45, 7) is 2.04. The van der Waals surface area contributed by atoms with Crippen LogP contribution in [0.3, 0.4) is 0 Å². The first-order chi connectivity index (χ1) is 15.1. The molecule has 0 saturated carbocycles. The molecule has 0 radical (unpaired) electrons. The molecule has 2 aromatic carbocycles. The Morgan fingerprint density at radius 1 is 1.06 bits per heavy atom. The third-order valence-electron chi connectivity index (χ3n) is 4.81. The highest BCUT2D eigenvalue weighted by Crippen LogP contribution is 2.28. The summed E-state index contributed by atoms with van der Waals surface area (Å²) in [5, 5.41) is 5.25. The van der Waals surface area contributed by atoms with E-state index in [0.717, 1.165) is 28.3 Å². The Morgan fingerprint density at radius 3 is 2.61 bits per heavy atom. The van der Waals surface area contributed by atoms with Gasteiger partial charge in [0.05, 0.1) is 19.9 Å². The molecule has 0 aliphatic rings. The molecular formula is C24H22N2O4S. The normalized spacial score (nSPS) is 10.7. The van der Waals surface area contributed by atoms with Gasteiger partial charge in [0, 0.05) is 22.9 Å². The third kappa shape index (κ3) is 4.78. The Balaban J connectivity index is 1.45. The number of nitrogens with one attached hydrogen (secondary N) is 1. The van der Waals surface area contributed by atoms with Crippen molar-refractivity contribution >= 4 is 22.4 Å². The number of rotatable bonds is 7. The Morgan fingerprint density at radius 2 is 1.87 bits per heavy atom. The first-order valence-electron chi connectivity index (χ1n) is 9.69. The molecule has 0 fully saturated rings. The van der Waals surface area contributed by atoms with E-state index in [1.54, 1.807) is 26.4 Å². The number of amides is 1. The summed E-state index contributed by atoms with van der Waals surface area (Å²) in [7, 11) is 3.23. The van der Waals surface area contributed by atoms with Gasteiger partial charge in [0.2, 0.25) is 0 Å². The van der Waals surface area contributed by atoms with Crippen molar-refractivity contribution in [2.45, 2.75) is 13.3 Å². The van der Waals surface area contributed by atoms with Crippen molar-refractivity contribution in [3.05, 3.63) is 82.6 Å². The first kappa shape index (κ1) is 20.7. The summed E-state index contributed by atoms with van der Waals surface area (Å²) < 4.78 is 16.5. The van der Waals surface area contributed by atoms with E-state index < -0.39 is 0 Å². The molecular weight excluding hydrogens is 412 g/mol. The van der Waals surface area contributed by atoms with Gasteiger partial charge in [-0.05, 0) is 37.3 Å². The number of hydrogen-bond donors (Lipinski definition) is 1. The fourth-order valence-electron chi connectivity index (χ4n) is 3.15. The molecule has 31 heavy (non-hydrogen) atoms. The third-order valence-corrected chi connectivity index (χ3v) is 5.57. The van der Waals surface area contributed by atoms with E-state index in [2.05, 4.69) is 10.3 Å². The van der Waals surface area contributed by atoms with Crippen LogP contribution in [0.1, 0.15) is 27.4 Å². The van der Waals surface area contributed by atoms with Gasteiger partial charge in [0.1, 0.15) is 17.3 Å². The van der Waals surface area contributed by atoms with Gasteiger partial charge in [-0.15, -0.1) is 11.3 Å². The van der Waals surface area contributed by atoms with Crippen LogP contribution in [-0.2, 0) is 6.42 Å². The van der Waals surface area contributed by atoms with Crippen LogP contribution >= 0.6 is 11.3 Å². The molecule has 1 N–H and O–H groups in total. The van der Waals surface area contributed by atoms with Crippen molar-refractivity contribution in [2.75, 3.05) is 19.5 Å². The molecule has 2 heterocycles. The maximum atomic E-state index is 12.6. The SMILES string of the molecule is COc1ccc(OC)c(Cc2ccc(C(=O)Nc3nc(-c4ccc(C)cc4)cs3)o2)c1. The number of carbonyl (C=O) groups is 1. The minimum absolute atomic E-state index is 0.226. The maximum Gasteiger partial charge on any atom is 0.293 e. The zero-order chi connectivity index (χ0) is 21.8.